The van der Waals surface area contributed by atoms with Crippen LogP contribution in [0, 0.1) is 0 Å². The van der Waals surface area contributed by atoms with Gasteiger partial charge in [-0.15, -0.1) is 0 Å². The summed E-state index contributed by atoms with van der Waals surface area (Å²) in [6.45, 7) is 1.96. The maximum atomic E-state index is 5.93. The fourth-order valence-electron chi connectivity index (χ4n) is 2.09. The Balaban J connectivity index is 2.16. The Hall–Kier alpha value is -1.32. The van der Waals surface area contributed by atoms with E-state index in [1.165, 1.54) is 11.1 Å². The zero-order valence-electron chi connectivity index (χ0n) is 8.76. The summed E-state index contributed by atoms with van der Waals surface area (Å²) in [4.78, 5) is 7.61. The third kappa shape index (κ3) is 1.62. The summed E-state index contributed by atoms with van der Waals surface area (Å²) in [5, 5.41) is 3.85. The highest BCUT2D eigenvalue weighted by Gasteiger charge is 2.12. The van der Waals surface area contributed by atoms with E-state index in [0.717, 1.165) is 30.5 Å². The number of aromatic nitrogens is 2. The van der Waals surface area contributed by atoms with Crippen molar-refractivity contribution < 1.29 is 0 Å². The predicted molar refractivity (Wildman–Crippen MR) is 66.6 cm³/mol. The van der Waals surface area contributed by atoms with E-state index in [9.17, 15) is 0 Å². The van der Waals surface area contributed by atoms with Gasteiger partial charge in [0.15, 0.2) is 0 Å². The molecule has 0 amide bonds. The lowest BCUT2D eigenvalue weighted by atomic mass is 10.0. The first-order chi connectivity index (χ1) is 7.84. The number of aromatic amines is 1. The average Bonchev–Trinajstić information content (AvgIpc) is 2.73. The minimum Gasteiger partial charge on any atom is -0.359 e. The molecule has 82 valence electrons. The molecule has 0 fully saturated rings. The van der Waals surface area contributed by atoms with E-state index >= 15 is 0 Å². The summed E-state index contributed by atoms with van der Waals surface area (Å²) in [5.74, 6) is 0. The molecular formula is C12H12ClN3. The van der Waals surface area contributed by atoms with Crippen LogP contribution in [0.15, 0.2) is 24.4 Å². The molecule has 0 aromatic carbocycles. The third-order valence-corrected chi connectivity index (χ3v) is 3.11. The molecule has 0 bridgehead atoms. The number of nitrogens with zero attached hydrogens (tertiary/aromatic N) is 1. The topological polar surface area (TPSA) is 40.7 Å². The number of H-pyrrole nitrogens is 1. The Bertz CT molecular complexity index is 556. The molecule has 3 heterocycles. The third-order valence-electron chi connectivity index (χ3n) is 2.90. The molecule has 0 atom stereocenters. The summed E-state index contributed by atoms with van der Waals surface area (Å²) in [5.41, 5.74) is 4.54. The number of fused-ring (bicyclic) bond motifs is 1. The van der Waals surface area contributed by atoms with Gasteiger partial charge >= 0.3 is 0 Å². The van der Waals surface area contributed by atoms with Crippen LogP contribution >= 0.6 is 11.6 Å². The Kier molecular flexibility index (Phi) is 2.42. The maximum absolute atomic E-state index is 5.93. The van der Waals surface area contributed by atoms with Gasteiger partial charge in [0.05, 0.1) is 11.0 Å². The number of nitrogens with one attached hydrogen (secondary N) is 2. The Labute approximate surface area is 98.5 Å². The Morgan fingerprint density at radius 2 is 2.25 bits per heavy atom. The van der Waals surface area contributed by atoms with Crippen LogP contribution in [-0.2, 0) is 0 Å². The van der Waals surface area contributed by atoms with Crippen molar-refractivity contribution >= 4 is 28.2 Å². The molecule has 0 spiro atoms. The first-order valence-corrected chi connectivity index (χ1v) is 5.76. The lowest BCUT2D eigenvalue weighted by Gasteiger charge is -2.12. The van der Waals surface area contributed by atoms with Crippen molar-refractivity contribution in [2.75, 3.05) is 13.1 Å². The number of hydrogen-bond donors (Lipinski definition) is 2. The van der Waals surface area contributed by atoms with Gasteiger partial charge in [-0.05, 0) is 30.7 Å². The second kappa shape index (κ2) is 3.92. The van der Waals surface area contributed by atoms with Crippen LogP contribution < -0.4 is 5.32 Å². The molecule has 0 saturated heterocycles. The number of hydrogen-bond acceptors (Lipinski definition) is 2. The SMILES string of the molecule is Clc1ccc2[nH]cc(C3=CCNCC3)c2n1. The fraction of sp³-hybridized carbons (Fsp3) is 0.250. The summed E-state index contributed by atoms with van der Waals surface area (Å²) in [7, 11) is 0. The Morgan fingerprint density at radius 3 is 3.06 bits per heavy atom. The highest BCUT2D eigenvalue weighted by Crippen LogP contribution is 2.27. The smallest absolute Gasteiger partial charge is 0.129 e. The minimum absolute atomic E-state index is 0.544. The molecule has 4 heteroatoms. The lowest BCUT2D eigenvalue weighted by molar-refractivity contribution is 0.739. The highest BCUT2D eigenvalue weighted by molar-refractivity contribution is 6.29. The molecule has 0 saturated carbocycles. The van der Waals surface area contributed by atoms with Crippen LogP contribution in [0.3, 0.4) is 0 Å². The molecule has 0 unspecified atom stereocenters. The van der Waals surface area contributed by atoms with Gasteiger partial charge in [0.1, 0.15) is 5.15 Å². The summed E-state index contributed by atoms with van der Waals surface area (Å²) < 4.78 is 0. The number of rotatable bonds is 1. The standard InChI is InChI=1S/C12H12ClN3/c13-11-2-1-10-12(16-11)9(7-15-10)8-3-5-14-6-4-8/h1-3,7,14-15H,4-6H2. The van der Waals surface area contributed by atoms with E-state index in [0.29, 0.717) is 5.15 Å². The van der Waals surface area contributed by atoms with Gasteiger partial charge < -0.3 is 10.3 Å². The van der Waals surface area contributed by atoms with Crippen LogP contribution in [0.25, 0.3) is 16.6 Å². The van der Waals surface area contributed by atoms with Crippen molar-refractivity contribution in [2.45, 2.75) is 6.42 Å². The molecule has 2 N–H and O–H groups in total. The summed E-state index contributed by atoms with van der Waals surface area (Å²) in [6, 6.07) is 3.77. The van der Waals surface area contributed by atoms with Gasteiger partial charge in [0, 0.05) is 18.3 Å². The van der Waals surface area contributed by atoms with Crippen LogP contribution in [0.1, 0.15) is 12.0 Å². The van der Waals surface area contributed by atoms with E-state index < -0.39 is 0 Å². The van der Waals surface area contributed by atoms with Gasteiger partial charge in [-0.25, -0.2) is 4.98 Å². The van der Waals surface area contributed by atoms with Gasteiger partial charge in [-0.1, -0.05) is 17.7 Å². The van der Waals surface area contributed by atoms with Crippen LogP contribution in [-0.4, -0.2) is 23.1 Å². The van der Waals surface area contributed by atoms with Gasteiger partial charge in [-0.2, -0.15) is 0 Å². The quantitative estimate of drug-likeness (QED) is 0.744. The van der Waals surface area contributed by atoms with E-state index in [2.05, 4.69) is 21.4 Å². The second-order valence-electron chi connectivity index (χ2n) is 3.92. The normalized spacial score (nSPS) is 16.4. The van der Waals surface area contributed by atoms with E-state index in [-0.39, 0.29) is 0 Å². The molecule has 1 aliphatic heterocycles. The molecule has 2 aromatic rings. The molecule has 0 aliphatic carbocycles. The average molecular weight is 234 g/mol. The molecular weight excluding hydrogens is 222 g/mol. The van der Waals surface area contributed by atoms with Gasteiger partial charge in [0.2, 0.25) is 0 Å². The largest absolute Gasteiger partial charge is 0.359 e. The van der Waals surface area contributed by atoms with Crippen molar-refractivity contribution in [1.29, 1.82) is 0 Å². The van der Waals surface area contributed by atoms with E-state index in [1.807, 2.05) is 12.3 Å². The van der Waals surface area contributed by atoms with Crippen LogP contribution in [0.5, 0.6) is 0 Å². The molecule has 2 aromatic heterocycles. The zero-order valence-corrected chi connectivity index (χ0v) is 9.51. The van der Waals surface area contributed by atoms with Crippen LogP contribution in [0.4, 0.5) is 0 Å². The maximum Gasteiger partial charge on any atom is 0.129 e. The highest BCUT2D eigenvalue weighted by atomic mass is 35.5. The van der Waals surface area contributed by atoms with Crippen molar-refractivity contribution in [3.63, 3.8) is 0 Å². The van der Waals surface area contributed by atoms with Crippen LogP contribution in [0.2, 0.25) is 5.15 Å². The predicted octanol–water partition coefficient (Wildman–Crippen LogP) is 2.59. The van der Waals surface area contributed by atoms with Crippen molar-refractivity contribution in [1.82, 2.24) is 15.3 Å². The molecule has 16 heavy (non-hydrogen) atoms. The number of halogens is 1. The first kappa shape index (κ1) is 9.87. The monoisotopic (exact) mass is 233 g/mol. The van der Waals surface area contributed by atoms with E-state index in [1.54, 1.807) is 6.07 Å². The van der Waals surface area contributed by atoms with Crippen molar-refractivity contribution in [3.8, 4) is 0 Å². The molecule has 3 rings (SSSR count). The minimum atomic E-state index is 0.544. The zero-order chi connectivity index (χ0) is 11.0. The van der Waals surface area contributed by atoms with E-state index in [4.69, 9.17) is 11.6 Å². The van der Waals surface area contributed by atoms with Crippen molar-refractivity contribution in [2.24, 2.45) is 0 Å². The molecule has 3 nitrogen and oxygen atoms in total. The number of pyridine rings is 1. The summed E-state index contributed by atoms with van der Waals surface area (Å²) >= 11 is 5.93. The summed E-state index contributed by atoms with van der Waals surface area (Å²) in [6.07, 6.45) is 5.28. The second-order valence-corrected chi connectivity index (χ2v) is 4.30. The molecule has 0 radical (unpaired) electrons. The Morgan fingerprint density at radius 1 is 1.31 bits per heavy atom. The fourth-order valence-corrected chi connectivity index (χ4v) is 2.23. The molecule has 1 aliphatic rings. The first-order valence-electron chi connectivity index (χ1n) is 5.38. The van der Waals surface area contributed by atoms with Crippen molar-refractivity contribution in [3.05, 3.63) is 35.1 Å². The van der Waals surface area contributed by atoms with Gasteiger partial charge in [-0.3, -0.25) is 0 Å². The lowest BCUT2D eigenvalue weighted by Crippen LogP contribution is -2.19. The van der Waals surface area contributed by atoms with Gasteiger partial charge in [0.25, 0.3) is 0 Å².